The molecule has 2 fully saturated rings. The van der Waals surface area contributed by atoms with Gasteiger partial charge in [-0.1, -0.05) is 12.1 Å². The molecule has 6 nitrogen and oxygen atoms in total. The summed E-state index contributed by atoms with van der Waals surface area (Å²) in [5.74, 6) is 0.150. The smallest absolute Gasteiger partial charge is 0.224 e. The quantitative estimate of drug-likeness (QED) is 0.697. The molecular weight excluding hydrogens is 369 g/mol. The lowest BCUT2D eigenvalue weighted by molar-refractivity contribution is -0.120. The molecule has 2 aliphatic heterocycles. The summed E-state index contributed by atoms with van der Waals surface area (Å²) in [5.41, 5.74) is 8.79. The van der Waals surface area contributed by atoms with Gasteiger partial charge in [-0.05, 0) is 73.7 Å². The lowest BCUT2D eigenvalue weighted by atomic mass is 9.95. The standard InChI is InChI=1S/C22H28FN5O/c23-19-3-1-2-17(12-19)13-22(29)25-15-16-6-10-28(11-7-16)21-14-20(26-27-21)18-4-8-24-9-5-18/h1-5,8-9,12,16,20-21,26-27H,6-7,10-11,13-15H2,(H,25,29). The van der Waals surface area contributed by atoms with E-state index in [1.807, 2.05) is 12.4 Å². The Bertz CT molecular complexity index is 810. The van der Waals surface area contributed by atoms with Gasteiger partial charge < -0.3 is 5.32 Å². The van der Waals surface area contributed by atoms with Gasteiger partial charge in [-0.2, -0.15) is 0 Å². The largest absolute Gasteiger partial charge is 0.356 e. The van der Waals surface area contributed by atoms with Crippen LogP contribution in [0.1, 0.15) is 36.4 Å². The minimum Gasteiger partial charge on any atom is -0.356 e. The van der Waals surface area contributed by atoms with Crippen LogP contribution >= 0.6 is 0 Å². The second-order valence-electron chi connectivity index (χ2n) is 7.96. The van der Waals surface area contributed by atoms with Crippen LogP contribution in [0.25, 0.3) is 0 Å². The van der Waals surface area contributed by atoms with Gasteiger partial charge in [-0.25, -0.2) is 15.2 Å². The highest BCUT2D eigenvalue weighted by molar-refractivity contribution is 5.78. The summed E-state index contributed by atoms with van der Waals surface area (Å²) in [7, 11) is 0. The van der Waals surface area contributed by atoms with E-state index in [9.17, 15) is 9.18 Å². The number of likely N-dealkylation sites (tertiary alicyclic amines) is 1. The van der Waals surface area contributed by atoms with Crippen LogP contribution in [0.2, 0.25) is 0 Å². The molecule has 0 bridgehead atoms. The van der Waals surface area contributed by atoms with Crippen LogP contribution in [0.15, 0.2) is 48.8 Å². The third kappa shape index (κ3) is 5.38. The molecule has 1 aromatic carbocycles. The van der Waals surface area contributed by atoms with Crippen molar-refractivity contribution < 1.29 is 9.18 Å². The summed E-state index contributed by atoms with van der Waals surface area (Å²) in [6.45, 7) is 2.73. The third-order valence-corrected chi connectivity index (χ3v) is 5.92. The number of hydrazine groups is 1. The van der Waals surface area contributed by atoms with E-state index in [2.05, 4.69) is 38.2 Å². The van der Waals surface area contributed by atoms with E-state index in [-0.39, 0.29) is 18.1 Å². The Morgan fingerprint density at radius 1 is 1.17 bits per heavy atom. The molecule has 2 aromatic rings. The predicted molar refractivity (Wildman–Crippen MR) is 109 cm³/mol. The van der Waals surface area contributed by atoms with Gasteiger partial charge in [-0.15, -0.1) is 0 Å². The highest BCUT2D eigenvalue weighted by Gasteiger charge is 2.31. The van der Waals surface area contributed by atoms with Gasteiger partial charge in [0.15, 0.2) is 0 Å². The molecule has 29 heavy (non-hydrogen) atoms. The highest BCUT2D eigenvalue weighted by Crippen LogP contribution is 2.26. The molecule has 154 valence electrons. The van der Waals surface area contributed by atoms with Crippen molar-refractivity contribution in [2.75, 3.05) is 19.6 Å². The van der Waals surface area contributed by atoms with E-state index >= 15 is 0 Å². The molecule has 0 saturated carbocycles. The molecule has 3 heterocycles. The zero-order valence-corrected chi connectivity index (χ0v) is 16.5. The zero-order chi connectivity index (χ0) is 20.1. The van der Waals surface area contributed by atoms with Crippen LogP contribution in [0.4, 0.5) is 4.39 Å². The normalized spacial score (nSPS) is 23.2. The number of amides is 1. The Balaban J connectivity index is 1.18. The molecule has 7 heteroatoms. The van der Waals surface area contributed by atoms with Crippen molar-refractivity contribution in [3.8, 4) is 0 Å². The first kappa shape index (κ1) is 19.9. The van der Waals surface area contributed by atoms with Gasteiger partial charge >= 0.3 is 0 Å². The van der Waals surface area contributed by atoms with Crippen LogP contribution in [0.3, 0.4) is 0 Å². The zero-order valence-electron chi connectivity index (χ0n) is 16.5. The van der Waals surface area contributed by atoms with Crippen LogP contribution in [-0.4, -0.2) is 41.6 Å². The number of piperidine rings is 1. The fourth-order valence-electron chi connectivity index (χ4n) is 4.22. The molecule has 2 atom stereocenters. The maximum absolute atomic E-state index is 13.2. The van der Waals surface area contributed by atoms with Crippen molar-refractivity contribution in [3.05, 3.63) is 65.7 Å². The van der Waals surface area contributed by atoms with E-state index in [4.69, 9.17) is 0 Å². The summed E-state index contributed by atoms with van der Waals surface area (Å²) in [6, 6.07) is 10.6. The number of halogens is 1. The topological polar surface area (TPSA) is 69.3 Å². The van der Waals surface area contributed by atoms with Crippen molar-refractivity contribution in [2.45, 2.75) is 37.9 Å². The number of nitrogens with one attached hydrogen (secondary N) is 3. The van der Waals surface area contributed by atoms with E-state index in [0.29, 0.717) is 30.2 Å². The van der Waals surface area contributed by atoms with Crippen molar-refractivity contribution >= 4 is 5.91 Å². The fraction of sp³-hybridized carbons (Fsp3) is 0.455. The van der Waals surface area contributed by atoms with E-state index in [1.165, 1.54) is 17.7 Å². The molecule has 2 aliphatic rings. The number of carbonyl (C=O) groups is 1. The number of aromatic nitrogens is 1. The molecule has 2 saturated heterocycles. The van der Waals surface area contributed by atoms with Crippen LogP contribution in [-0.2, 0) is 11.2 Å². The Kier molecular flexibility index (Phi) is 6.49. The minimum atomic E-state index is -0.302. The van der Waals surface area contributed by atoms with Crippen molar-refractivity contribution in [1.29, 1.82) is 0 Å². The summed E-state index contributed by atoms with van der Waals surface area (Å²) in [5, 5.41) is 3.02. The van der Waals surface area contributed by atoms with E-state index in [1.54, 1.807) is 12.1 Å². The van der Waals surface area contributed by atoms with Crippen molar-refractivity contribution in [1.82, 2.24) is 26.1 Å². The monoisotopic (exact) mass is 397 g/mol. The Morgan fingerprint density at radius 3 is 2.72 bits per heavy atom. The summed E-state index contributed by atoms with van der Waals surface area (Å²) in [6.07, 6.45) is 7.38. The lowest BCUT2D eigenvalue weighted by Gasteiger charge is -2.35. The number of hydrogen-bond donors (Lipinski definition) is 3. The van der Waals surface area contributed by atoms with Gasteiger partial charge in [-0.3, -0.25) is 14.7 Å². The van der Waals surface area contributed by atoms with Gasteiger partial charge in [0, 0.05) is 25.0 Å². The van der Waals surface area contributed by atoms with Crippen molar-refractivity contribution in [2.24, 2.45) is 5.92 Å². The van der Waals surface area contributed by atoms with E-state index in [0.717, 1.165) is 32.4 Å². The molecule has 0 aliphatic carbocycles. The first-order valence-electron chi connectivity index (χ1n) is 10.3. The number of rotatable bonds is 6. The molecule has 3 N–H and O–H groups in total. The number of nitrogens with zero attached hydrogens (tertiary/aromatic N) is 2. The summed E-state index contributed by atoms with van der Waals surface area (Å²) < 4.78 is 13.2. The average Bonchev–Trinajstić information content (AvgIpc) is 3.24. The van der Waals surface area contributed by atoms with Gasteiger partial charge in [0.1, 0.15) is 5.82 Å². The second kappa shape index (κ2) is 9.43. The first-order chi connectivity index (χ1) is 14.2. The molecule has 0 radical (unpaired) electrons. The van der Waals surface area contributed by atoms with Gasteiger partial charge in [0.25, 0.3) is 0 Å². The SMILES string of the molecule is O=C(Cc1cccc(F)c1)NCC1CCN(C2CC(c3ccncc3)NN2)CC1. The minimum absolute atomic E-state index is 0.0418. The predicted octanol–water partition coefficient (Wildman–Crippen LogP) is 2.16. The van der Waals surface area contributed by atoms with Gasteiger partial charge in [0.2, 0.25) is 5.91 Å². The fourth-order valence-corrected chi connectivity index (χ4v) is 4.22. The van der Waals surface area contributed by atoms with Gasteiger partial charge in [0.05, 0.1) is 12.6 Å². The van der Waals surface area contributed by atoms with Crippen LogP contribution in [0.5, 0.6) is 0 Å². The third-order valence-electron chi connectivity index (χ3n) is 5.92. The number of benzene rings is 1. The number of hydrogen-bond acceptors (Lipinski definition) is 5. The average molecular weight is 397 g/mol. The number of pyridine rings is 1. The summed E-state index contributed by atoms with van der Waals surface area (Å²) >= 11 is 0. The molecule has 1 aromatic heterocycles. The molecule has 4 rings (SSSR count). The molecule has 0 spiro atoms. The molecule has 1 amide bonds. The van der Waals surface area contributed by atoms with Crippen LogP contribution < -0.4 is 16.2 Å². The van der Waals surface area contributed by atoms with Crippen LogP contribution in [0, 0.1) is 11.7 Å². The highest BCUT2D eigenvalue weighted by atomic mass is 19.1. The first-order valence-corrected chi connectivity index (χ1v) is 10.3. The van der Waals surface area contributed by atoms with Crippen molar-refractivity contribution in [3.63, 3.8) is 0 Å². The molecule has 2 unspecified atom stereocenters. The lowest BCUT2D eigenvalue weighted by Crippen LogP contribution is -2.49. The maximum Gasteiger partial charge on any atom is 0.224 e. The second-order valence-corrected chi connectivity index (χ2v) is 7.96. The number of carbonyl (C=O) groups excluding carboxylic acids is 1. The molecular formula is C22H28FN5O. The Morgan fingerprint density at radius 2 is 1.97 bits per heavy atom. The Labute approximate surface area is 170 Å². The Hall–Kier alpha value is -2.35. The summed E-state index contributed by atoms with van der Waals surface area (Å²) in [4.78, 5) is 18.7. The maximum atomic E-state index is 13.2. The van der Waals surface area contributed by atoms with E-state index < -0.39 is 0 Å².